The van der Waals surface area contributed by atoms with Crippen molar-refractivity contribution in [2.75, 3.05) is 11.6 Å². The summed E-state index contributed by atoms with van der Waals surface area (Å²) in [5.74, 6) is -0.311. The molecule has 0 aromatic carbocycles. The number of primary amides is 1. The molecule has 0 aliphatic carbocycles. The molecule has 0 spiro atoms. The van der Waals surface area contributed by atoms with Crippen molar-refractivity contribution in [3.8, 4) is 0 Å². The summed E-state index contributed by atoms with van der Waals surface area (Å²) in [7, 11) is 0. The Hall–Kier alpha value is -1.77. The highest BCUT2D eigenvalue weighted by Gasteiger charge is 2.38. The van der Waals surface area contributed by atoms with Gasteiger partial charge in [0.15, 0.2) is 0 Å². The predicted octanol–water partition coefficient (Wildman–Crippen LogP) is -0.817. The lowest BCUT2D eigenvalue weighted by Crippen LogP contribution is -2.56. The van der Waals surface area contributed by atoms with Crippen LogP contribution in [0.2, 0.25) is 0 Å². The maximum atomic E-state index is 12.8. The second-order valence-electron chi connectivity index (χ2n) is 6.58. The van der Waals surface area contributed by atoms with Crippen molar-refractivity contribution in [1.29, 1.82) is 0 Å². The van der Waals surface area contributed by atoms with Crippen LogP contribution < -0.4 is 16.4 Å². The van der Waals surface area contributed by atoms with Gasteiger partial charge in [-0.2, -0.15) is 0 Å². The third-order valence-corrected chi connectivity index (χ3v) is 5.14. The van der Waals surface area contributed by atoms with Crippen LogP contribution >= 0.6 is 11.8 Å². The Labute approximate surface area is 145 Å². The Morgan fingerprint density at radius 3 is 2.67 bits per heavy atom. The van der Waals surface area contributed by atoms with Gasteiger partial charge in [-0.05, 0) is 18.8 Å². The third kappa shape index (κ3) is 4.40. The van der Waals surface area contributed by atoms with Crippen LogP contribution in [0.1, 0.15) is 33.1 Å². The van der Waals surface area contributed by atoms with Crippen LogP contribution in [-0.2, 0) is 19.2 Å². The van der Waals surface area contributed by atoms with Crippen LogP contribution in [0.4, 0.5) is 0 Å². The molecule has 0 bridgehead atoms. The van der Waals surface area contributed by atoms with Crippen molar-refractivity contribution in [1.82, 2.24) is 15.5 Å². The normalized spacial score (nSPS) is 24.8. The van der Waals surface area contributed by atoms with E-state index in [9.17, 15) is 19.2 Å². The Kier molecular flexibility index (Phi) is 6.09. The molecule has 0 aromatic rings. The summed E-state index contributed by atoms with van der Waals surface area (Å²) >= 11 is 1.46. The van der Waals surface area contributed by atoms with Crippen molar-refractivity contribution < 1.29 is 19.2 Å². The number of nitrogens with one attached hydrogen (secondary N) is 2. The quantitative estimate of drug-likeness (QED) is 0.574. The third-order valence-electron chi connectivity index (χ3n) is 4.13. The zero-order valence-corrected chi connectivity index (χ0v) is 14.7. The zero-order chi connectivity index (χ0) is 17.9. The van der Waals surface area contributed by atoms with E-state index in [1.165, 1.54) is 16.7 Å². The minimum Gasteiger partial charge on any atom is -0.368 e. The molecule has 8 nitrogen and oxygen atoms in total. The van der Waals surface area contributed by atoms with E-state index in [4.69, 9.17) is 5.73 Å². The molecule has 2 heterocycles. The molecule has 2 aliphatic heterocycles. The highest BCUT2D eigenvalue weighted by Crippen LogP contribution is 2.23. The smallest absolute Gasteiger partial charge is 0.246 e. The van der Waals surface area contributed by atoms with Gasteiger partial charge in [0.2, 0.25) is 23.6 Å². The SMILES string of the molecule is CC(C)CC(NC(=O)C1CCC(=O)N1)C(=O)N1CSCC1C(N)=O. The maximum Gasteiger partial charge on any atom is 0.246 e. The fourth-order valence-corrected chi connectivity index (χ4v) is 4.05. The molecule has 2 rings (SSSR count). The van der Waals surface area contributed by atoms with Gasteiger partial charge in [0, 0.05) is 12.2 Å². The number of nitrogens with zero attached hydrogens (tertiary/aromatic N) is 1. The van der Waals surface area contributed by atoms with Gasteiger partial charge in [-0.25, -0.2) is 0 Å². The number of thioether (sulfide) groups is 1. The number of rotatable bonds is 6. The number of hydrogen-bond acceptors (Lipinski definition) is 5. The van der Waals surface area contributed by atoms with E-state index in [2.05, 4.69) is 10.6 Å². The summed E-state index contributed by atoms with van der Waals surface area (Å²) in [5, 5.41) is 5.33. The molecule has 2 fully saturated rings. The minimum absolute atomic E-state index is 0.161. The first-order valence-corrected chi connectivity index (χ1v) is 9.22. The monoisotopic (exact) mass is 356 g/mol. The van der Waals surface area contributed by atoms with Crippen LogP contribution in [-0.4, -0.2) is 58.3 Å². The average molecular weight is 356 g/mol. The molecule has 3 atom stereocenters. The molecule has 134 valence electrons. The predicted molar refractivity (Wildman–Crippen MR) is 89.7 cm³/mol. The van der Waals surface area contributed by atoms with Gasteiger partial charge in [-0.1, -0.05) is 13.8 Å². The standard InChI is InChI=1S/C15H24N4O4S/c1-8(2)5-10(18-14(22)9-3-4-12(20)17-9)15(23)19-7-24-6-11(19)13(16)21/h8-11H,3-7H2,1-2H3,(H2,16,21)(H,17,20)(H,18,22). The van der Waals surface area contributed by atoms with Crippen LogP contribution in [0, 0.1) is 5.92 Å². The molecule has 2 aliphatic rings. The fourth-order valence-electron chi connectivity index (χ4n) is 2.87. The van der Waals surface area contributed by atoms with E-state index in [0.29, 0.717) is 30.9 Å². The number of hydrogen-bond donors (Lipinski definition) is 3. The lowest BCUT2D eigenvalue weighted by Gasteiger charge is -2.28. The van der Waals surface area contributed by atoms with E-state index < -0.39 is 24.0 Å². The summed E-state index contributed by atoms with van der Waals surface area (Å²) in [5.41, 5.74) is 5.36. The molecule has 2 saturated heterocycles. The van der Waals surface area contributed by atoms with Gasteiger partial charge in [-0.3, -0.25) is 19.2 Å². The van der Waals surface area contributed by atoms with Crippen molar-refractivity contribution in [3.05, 3.63) is 0 Å². The van der Waals surface area contributed by atoms with Gasteiger partial charge < -0.3 is 21.3 Å². The first-order chi connectivity index (χ1) is 11.3. The Bertz CT molecular complexity index is 540. The van der Waals surface area contributed by atoms with E-state index in [0.717, 1.165) is 0 Å². The van der Waals surface area contributed by atoms with Gasteiger partial charge in [0.1, 0.15) is 18.1 Å². The maximum absolute atomic E-state index is 12.8. The van der Waals surface area contributed by atoms with Crippen LogP contribution in [0.5, 0.6) is 0 Å². The molecular formula is C15H24N4O4S. The topological polar surface area (TPSA) is 122 Å². The largest absolute Gasteiger partial charge is 0.368 e. The molecule has 24 heavy (non-hydrogen) atoms. The molecule has 4 N–H and O–H groups in total. The molecular weight excluding hydrogens is 332 g/mol. The summed E-state index contributed by atoms with van der Waals surface area (Å²) in [6.07, 6.45) is 1.20. The van der Waals surface area contributed by atoms with Crippen LogP contribution in [0.25, 0.3) is 0 Å². The van der Waals surface area contributed by atoms with Gasteiger partial charge in [0.05, 0.1) is 5.88 Å². The van der Waals surface area contributed by atoms with Crippen molar-refractivity contribution >= 4 is 35.4 Å². The average Bonchev–Trinajstić information content (AvgIpc) is 3.13. The summed E-state index contributed by atoms with van der Waals surface area (Å²) in [6.45, 7) is 3.90. The van der Waals surface area contributed by atoms with Crippen molar-refractivity contribution in [2.24, 2.45) is 11.7 Å². The number of amides is 4. The van der Waals surface area contributed by atoms with Gasteiger partial charge >= 0.3 is 0 Å². The summed E-state index contributed by atoms with van der Waals surface area (Å²) in [4.78, 5) is 49.3. The lowest BCUT2D eigenvalue weighted by atomic mass is 10.0. The zero-order valence-electron chi connectivity index (χ0n) is 13.9. The molecule has 0 saturated carbocycles. The molecule has 0 aromatic heterocycles. The first-order valence-electron chi connectivity index (χ1n) is 8.07. The van der Waals surface area contributed by atoms with E-state index in [1.807, 2.05) is 13.8 Å². The summed E-state index contributed by atoms with van der Waals surface area (Å²) < 4.78 is 0. The number of nitrogens with two attached hydrogens (primary N) is 1. The Balaban J connectivity index is 2.06. The lowest BCUT2D eigenvalue weighted by molar-refractivity contribution is -0.140. The molecule has 0 radical (unpaired) electrons. The first kappa shape index (κ1) is 18.6. The fraction of sp³-hybridized carbons (Fsp3) is 0.733. The minimum atomic E-state index is -0.726. The number of carbonyl (C=O) groups excluding carboxylic acids is 4. The molecule has 3 unspecified atom stereocenters. The second kappa shape index (κ2) is 7.87. The van der Waals surface area contributed by atoms with Gasteiger partial charge in [-0.15, -0.1) is 11.8 Å². The molecule has 4 amide bonds. The van der Waals surface area contributed by atoms with E-state index in [-0.39, 0.29) is 23.6 Å². The molecule has 9 heteroatoms. The van der Waals surface area contributed by atoms with Crippen LogP contribution in [0.15, 0.2) is 0 Å². The van der Waals surface area contributed by atoms with E-state index in [1.54, 1.807) is 0 Å². The Morgan fingerprint density at radius 1 is 1.42 bits per heavy atom. The van der Waals surface area contributed by atoms with E-state index >= 15 is 0 Å². The second-order valence-corrected chi connectivity index (χ2v) is 7.58. The van der Waals surface area contributed by atoms with Crippen molar-refractivity contribution in [2.45, 2.75) is 51.2 Å². The highest BCUT2D eigenvalue weighted by atomic mass is 32.2. The van der Waals surface area contributed by atoms with Gasteiger partial charge in [0.25, 0.3) is 0 Å². The highest BCUT2D eigenvalue weighted by molar-refractivity contribution is 7.99. The van der Waals surface area contributed by atoms with Crippen LogP contribution in [0.3, 0.4) is 0 Å². The summed E-state index contributed by atoms with van der Waals surface area (Å²) in [6, 6.07) is -1.96. The Morgan fingerprint density at radius 2 is 2.12 bits per heavy atom. The van der Waals surface area contributed by atoms with Crippen molar-refractivity contribution in [3.63, 3.8) is 0 Å². The number of carbonyl (C=O) groups is 4.